The van der Waals surface area contributed by atoms with Crippen LogP contribution in [-0.4, -0.2) is 35.2 Å². The molecule has 1 aliphatic carbocycles. The van der Waals surface area contributed by atoms with Gasteiger partial charge >= 0.3 is 5.97 Å². The summed E-state index contributed by atoms with van der Waals surface area (Å²) < 4.78 is 5.28. The average Bonchev–Trinajstić information content (AvgIpc) is 2.64. The number of anilines is 1. The molecule has 1 saturated carbocycles. The van der Waals surface area contributed by atoms with Crippen LogP contribution in [0, 0.1) is 5.92 Å². The highest BCUT2D eigenvalue weighted by Crippen LogP contribution is 2.36. The van der Waals surface area contributed by atoms with E-state index >= 15 is 0 Å². The van der Waals surface area contributed by atoms with Gasteiger partial charge in [0.1, 0.15) is 0 Å². The van der Waals surface area contributed by atoms with Crippen molar-refractivity contribution in [2.24, 2.45) is 5.92 Å². The third-order valence-electron chi connectivity index (χ3n) is 5.18. The Labute approximate surface area is 163 Å². The van der Waals surface area contributed by atoms with Crippen molar-refractivity contribution in [3.8, 4) is 0 Å². The number of para-hydroxylation sites is 1. The highest BCUT2D eigenvalue weighted by atomic mass is 32.2. The Balaban J connectivity index is 1.50. The first kappa shape index (κ1) is 19.7. The fraction of sp³-hybridized carbons (Fsp3) is 0.550. The summed E-state index contributed by atoms with van der Waals surface area (Å²) in [6.07, 6.45) is 3.44. The van der Waals surface area contributed by atoms with Gasteiger partial charge < -0.3 is 15.4 Å². The van der Waals surface area contributed by atoms with E-state index in [1.807, 2.05) is 24.3 Å². The molecule has 0 bridgehead atoms. The number of benzene rings is 1. The van der Waals surface area contributed by atoms with E-state index in [0.29, 0.717) is 5.92 Å². The maximum absolute atomic E-state index is 12.3. The third-order valence-corrected chi connectivity index (χ3v) is 6.45. The molecule has 27 heavy (non-hydrogen) atoms. The molecular weight excluding hydrogens is 364 g/mol. The van der Waals surface area contributed by atoms with E-state index in [0.717, 1.165) is 29.8 Å². The number of hydrogen-bond donors (Lipinski definition) is 2. The summed E-state index contributed by atoms with van der Waals surface area (Å²) >= 11 is 1.34. The lowest BCUT2D eigenvalue weighted by Crippen LogP contribution is -2.46. The Bertz CT molecular complexity index is 724. The Hall–Kier alpha value is -2.02. The molecule has 2 amide bonds. The first-order chi connectivity index (χ1) is 12.9. The minimum absolute atomic E-state index is 0.0672. The van der Waals surface area contributed by atoms with Crippen molar-refractivity contribution < 1.29 is 19.1 Å². The second kappa shape index (κ2) is 8.78. The van der Waals surface area contributed by atoms with E-state index in [-0.39, 0.29) is 24.3 Å². The summed E-state index contributed by atoms with van der Waals surface area (Å²) in [5.41, 5.74) is 0.756. The molecule has 1 aliphatic heterocycles. The largest absolute Gasteiger partial charge is 0.453 e. The molecule has 146 valence electrons. The predicted molar refractivity (Wildman–Crippen MR) is 104 cm³/mol. The quantitative estimate of drug-likeness (QED) is 0.755. The Morgan fingerprint density at radius 2 is 2.04 bits per heavy atom. The highest BCUT2D eigenvalue weighted by Gasteiger charge is 2.31. The van der Waals surface area contributed by atoms with Gasteiger partial charge in [-0.25, -0.2) is 0 Å². The molecule has 0 saturated heterocycles. The first-order valence-corrected chi connectivity index (χ1v) is 10.4. The number of thioether (sulfide) groups is 1. The van der Waals surface area contributed by atoms with Crippen LogP contribution in [0.25, 0.3) is 0 Å². The number of carbonyl (C=O) groups is 3. The van der Waals surface area contributed by atoms with Crippen molar-refractivity contribution >= 4 is 35.2 Å². The van der Waals surface area contributed by atoms with Gasteiger partial charge in [-0.05, 0) is 37.8 Å². The van der Waals surface area contributed by atoms with Gasteiger partial charge in [0.25, 0.3) is 5.91 Å². The summed E-state index contributed by atoms with van der Waals surface area (Å²) in [6.45, 7) is 3.71. The van der Waals surface area contributed by atoms with Crippen LogP contribution in [0.5, 0.6) is 0 Å². The topological polar surface area (TPSA) is 84.5 Å². The van der Waals surface area contributed by atoms with Crippen LogP contribution in [0.15, 0.2) is 29.2 Å². The zero-order chi connectivity index (χ0) is 19.4. The van der Waals surface area contributed by atoms with E-state index in [4.69, 9.17) is 4.74 Å². The number of esters is 1. The number of hydrogen-bond acceptors (Lipinski definition) is 5. The molecule has 6 nitrogen and oxygen atoms in total. The summed E-state index contributed by atoms with van der Waals surface area (Å²) in [6, 6.07) is 7.61. The summed E-state index contributed by atoms with van der Waals surface area (Å²) in [4.78, 5) is 37.7. The molecule has 1 heterocycles. The summed E-state index contributed by atoms with van der Waals surface area (Å²) in [5, 5.41) is 5.25. The standard InChI is InChI=1S/C20H26N2O4S/c1-12-7-3-4-8-14(12)21-19(24)13(2)26-18(23)11-17-20(25)22-15-9-5-6-10-16(15)27-17/h5-6,9-10,12-14,17H,3-4,7-8,11H2,1-2H3,(H,21,24)(H,22,25)/t12-,13-,14+,17-/m1/s1. The molecule has 2 aliphatic rings. The van der Waals surface area contributed by atoms with E-state index in [1.54, 1.807) is 6.92 Å². The van der Waals surface area contributed by atoms with E-state index in [1.165, 1.54) is 18.2 Å². The molecule has 1 aromatic carbocycles. The lowest BCUT2D eigenvalue weighted by Gasteiger charge is -2.30. The maximum atomic E-state index is 12.3. The number of carbonyl (C=O) groups excluding carboxylic acids is 3. The Morgan fingerprint density at radius 3 is 2.81 bits per heavy atom. The maximum Gasteiger partial charge on any atom is 0.308 e. The molecule has 7 heteroatoms. The van der Waals surface area contributed by atoms with Crippen LogP contribution >= 0.6 is 11.8 Å². The van der Waals surface area contributed by atoms with Crippen molar-refractivity contribution in [2.75, 3.05) is 5.32 Å². The van der Waals surface area contributed by atoms with Crippen molar-refractivity contribution in [2.45, 2.75) is 68.2 Å². The van der Waals surface area contributed by atoms with Crippen molar-refractivity contribution in [3.05, 3.63) is 24.3 Å². The van der Waals surface area contributed by atoms with Crippen LogP contribution in [0.2, 0.25) is 0 Å². The molecule has 0 radical (unpaired) electrons. The number of fused-ring (bicyclic) bond motifs is 1. The first-order valence-electron chi connectivity index (χ1n) is 9.50. The molecule has 0 unspecified atom stereocenters. The van der Waals surface area contributed by atoms with E-state index < -0.39 is 17.3 Å². The average molecular weight is 391 g/mol. The normalized spacial score (nSPS) is 25.7. The fourth-order valence-corrected chi connectivity index (χ4v) is 4.60. The van der Waals surface area contributed by atoms with E-state index in [9.17, 15) is 14.4 Å². The summed E-state index contributed by atoms with van der Waals surface area (Å²) in [7, 11) is 0. The van der Waals surface area contributed by atoms with Crippen molar-refractivity contribution in [3.63, 3.8) is 0 Å². The SMILES string of the molecule is C[C@@H]1CCCC[C@@H]1NC(=O)[C@@H](C)OC(=O)C[C@H]1Sc2ccccc2NC1=O. The zero-order valence-corrected chi connectivity index (χ0v) is 16.5. The molecule has 0 spiro atoms. The van der Waals surface area contributed by atoms with Gasteiger partial charge in [-0.2, -0.15) is 0 Å². The van der Waals surface area contributed by atoms with Gasteiger partial charge in [-0.15, -0.1) is 11.8 Å². The Kier molecular flexibility index (Phi) is 6.42. The third kappa shape index (κ3) is 5.03. The van der Waals surface area contributed by atoms with Gasteiger partial charge in [-0.3, -0.25) is 14.4 Å². The fourth-order valence-electron chi connectivity index (χ4n) is 3.51. The molecule has 2 N–H and O–H groups in total. The van der Waals surface area contributed by atoms with Gasteiger partial charge in [0.15, 0.2) is 6.10 Å². The molecule has 4 atom stereocenters. The smallest absolute Gasteiger partial charge is 0.308 e. The predicted octanol–water partition coefficient (Wildman–Crippen LogP) is 3.12. The minimum atomic E-state index is -0.865. The molecule has 1 fully saturated rings. The number of amides is 2. The molecular formula is C20H26N2O4S. The zero-order valence-electron chi connectivity index (χ0n) is 15.7. The number of ether oxygens (including phenoxy) is 1. The lowest BCUT2D eigenvalue weighted by atomic mass is 9.86. The Morgan fingerprint density at radius 1 is 1.30 bits per heavy atom. The van der Waals surface area contributed by atoms with Crippen molar-refractivity contribution in [1.82, 2.24) is 5.32 Å². The van der Waals surface area contributed by atoms with Crippen molar-refractivity contribution in [1.29, 1.82) is 0 Å². The molecule has 0 aromatic heterocycles. The summed E-state index contributed by atoms with van der Waals surface area (Å²) in [5.74, 6) is -0.591. The van der Waals surface area contributed by atoms with Gasteiger partial charge in [0.05, 0.1) is 17.4 Å². The second-order valence-electron chi connectivity index (χ2n) is 7.30. The van der Waals surface area contributed by atoms with Gasteiger partial charge in [0.2, 0.25) is 5.91 Å². The van der Waals surface area contributed by atoms with E-state index in [2.05, 4.69) is 17.6 Å². The minimum Gasteiger partial charge on any atom is -0.453 e. The van der Waals surface area contributed by atoms with Crippen LogP contribution < -0.4 is 10.6 Å². The molecule has 1 aromatic rings. The highest BCUT2D eigenvalue weighted by molar-refractivity contribution is 8.01. The van der Waals surface area contributed by atoms with Crippen LogP contribution in [0.3, 0.4) is 0 Å². The monoisotopic (exact) mass is 390 g/mol. The van der Waals surface area contributed by atoms with Crippen LogP contribution in [0.1, 0.15) is 46.0 Å². The van der Waals surface area contributed by atoms with Crippen LogP contribution in [-0.2, 0) is 19.1 Å². The van der Waals surface area contributed by atoms with Crippen LogP contribution in [0.4, 0.5) is 5.69 Å². The second-order valence-corrected chi connectivity index (χ2v) is 8.55. The number of nitrogens with one attached hydrogen (secondary N) is 2. The molecule has 3 rings (SSSR count). The lowest BCUT2D eigenvalue weighted by molar-refractivity contribution is -0.155. The van der Waals surface area contributed by atoms with Gasteiger partial charge in [0, 0.05) is 10.9 Å². The van der Waals surface area contributed by atoms with Gasteiger partial charge in [-0.1, -0.05) is 31.9 Å². The number of rotatable bonds is 5.